The predicted octanol–water partition coefficient (Wildman–Crippen LogP) is 3.53. The first-order valence-corrected chi connectivity index (χ1v) is 8.72. The van der Waals surface area contributed by atoms with Crippen LogP contribution in [0.2, 0.25) is 5.02 Å². The molecule has 1 unspecified atom stereocenters. The standard InChI is InChI=1S/C20H25ClN2O2/c1-15(23(2)14-17-5-4-6-18(21)13-17)20(24)22-12-11-16-7-9-19(25-3)10-8-16/h4-10,13,15H,11-12,14H2,1-3H3,(H,22,24). The second-order valence-corrected chi connectivity index (χ2v) is 6.55. The van der Waals surface area contributed by atoms with Crippen LogP contribution in [0.4, 0.5) is 0 Å². The first-order valence-electron chi connectivity index (χ1n) is 8.35. The van der Waals surface area contributed by atoms with E-state index in [0.717, 1.165) is 17.7 Å². The molecule has 0 radical (unpaired) electrons. The molecule has 0 aromatic heterocycles. The fourth-order valence-electron chi connectivity index (χ4n) is 2.53. The number of nitrogens with zero attached hydrogens (tertiary/aromatic N) is 1. The zero-order valence-electron chi connectivity index (χ0n) is 15.0. The number of carbonyl (C=O) groups excluding carboxylic acids is 1. The van der Waals surface area contributed by atoms with Crippen LogP contribution in [0.5, 0.6) is 5.75 Å². The van der Waals surface area contributed by atoms with Gasteiger partial charge in [-0.25, -0.2) is 0 Å². The summed E-state index contributed by atoms with van der Waals surface area (Å²) in [6.45, 7) is 3.20. The lowest BCUT2D eigenvalue weighted by Gasteiger charge is -2.24. The van der Waals surface area contributed by atoms with E-state index in [4.69, 9.17) is 16.3 Å². The van der Waals surface area contributed by atoms with Crippen LogP contribution in [-0.2, 0) is 17.8 Å². The third-order valence-corrected chi connectivity index (χ3v) is 4.47. The summed E-state index contributed by atoms with van der Waals surface area (Å²) < 4.78 is 5.14. The third-order valence-electron chi connectivity index (χ3n) is 4.23. The van der Waals surface area contributed by atoms with Gasteiger partial charge in [0.25, 0.3) is 0 Å². The molecule has 0 aliphatic rings. The average Bonchev–Trinajstić information content (AvgIpc) is 2.61. The predicted molar refractivity (Wildman–Crippen MR) is 102 cm³/mol. The lowest BCUT2D eigenvalue weighted by atomic mass is 10.1. The first-order chi connectivity index (χ1) is 12.0. The number of hydrogen-bond donors (Lipinski definition) is 1. The van der Waals surface area contributed by atoms with Gasteiger partial charge in [0.2, 0.25) is 5.91 Å². The van der Waals surface area contributed by atoms with E-state index < -0.39 is 0 Å². The van der Waals surface area contributed by atoms with Crippen LogP contribution >= 0.6 is 11.6 Å². The van der Waals surface area contributed by atoms with Gasteiger partial charge in [0.15, 0.2) is 0 Å². The number of likely N-dealkylation sites (N-methyl/N-ethyl adjacent to an activating group) is 1. The van der Waals surface area contributed by atoms with Gasteiger partial charge in [0.05, 0.1) is 13.2 Å². The molecule has 2 aromatic carbocycles. The van der Waals surface area contributed by atoms with Crippen molar-refractivity contribution in [3.8, 4) is 5.75 Å². The Balaban J connectivity index is 1.78. The number of hydrogen-bond acceptors (Lipinski definition) is 3. The topological polar surface area (TPSA) is 41.6 Å². The number of nitrogens with one attached hydrogen (secondary N) is 1. The van der Waals surface area contributed by atoms with Crippen molar-refractivity contribution < 1.29 is 9.53 Å². The Labute approximate surface area is 154 Å². The molecular weight excluding hydrogens is 336 g/mol. The van der Waals surface area contributed by atoms with Crippen LogP contribution in [0.15, 0.2) is 48.5 Å². The van der Waals surface area contributed by atoms with E-state index in [2.05, 4.69) is 5.32 Å². The second-order valence-electron chi connectivity index (χ2n) is 6.11. The van der Waals surface area contributed by atoms with Gasteiger partial charge in [-0.3, -0.25) is 9.69 Å². The van der Waals surface area contributed by atoms with Gasteiger partial charge in [-0.05, 0) is 55.8 Å². The summed E-state index contributed by atoms with van der Waals surface area (Å²) in [6, 6.07) is 15.4. The minimum absolute atomic E-state index is 0.0260. The normalized spacial score (nSPS) is 12.0. The number of ether oxygens (including phenoxy) is 1. The quantitative estimate of drug-likeness (QED) is 0.783. The Bertz CT molecular complexity index is 688. The molecule has 0 fully saturated rings. The summed E-state index contributed by atoms with van der Waals surface area (Å²) in [5.41, 5.74) is 2.26. The molecule has 1 atom stereocenters. The van der Waals surface area contributed by atoms with Crippen LogP contribution < -0.4 is 10.1 Å². The molecule has 0 aliphatic carbocycles. The van der Waals surface area contributed by atoms with Gasteiger partial charge in [-0.2, -0.15) is 0 Å². The van der Waals surface area contributed by atoms with Gasteiger partial charge >= 0.3 is 0 Å². The monoisotopic (exact) mass is 360 g/mol. The molecule has 2 aromatic rings. The molecule has 1 N–H and O–H groups in total. The van der Waals surface area contributed by atoms with E-state index in [-0.39, 0.29) is 11.9 Å². The van der Waals surface area contributed by atoms with E-state index in [9.17, 15) is 4.79 Å². The Kier molecular flexibility index (Phi) is 7.29. The number of amides is 1. The highest BCUT2D eigenvalue weighted by Gasteiger charge is 2.17. The maximum absolute atomic E-state index is 12.3. The molecule has 1 amide bonds. The van der Waals surface area contributed by atoms with Crippen molar-refractivity contribution in [2.75, 3.05) is 20.7 Å². The Morgan fingerprint density at radius 3 is 2.56 bits per heavy atom. The largest absolute Gasteiger partial charge is 0.497 e. The highest BCUT2D eigenvalue weighted by atomic mass is 35.5. The zero-order chi connectivity index (χ0) is 18.2. The fourth-order valence-corrected chi connectivity index (χ4v) is 2.74. The summed E-state index contributed by atoms with van der Waals surface area (Å²) in [5, 5.41) is 3.71. The summed E-state index contributed by atoms with van der Waals surface area (Å²) in [4.78, 5) is 14.3. The maximum atomic E-state index is 12.3. The minimum atomic E-state index is -0.213. The van der Waals surface area contributed by atoms with E-state index >= 15 is 0 Å². The number of carbonyl (C=O) groups is 1. The van der Waals surface area contributed by atoms with Crippen LogP contribution in [0.1, 0.15) is 18.1 Å². The number of halogens is 1. The zero-order valence-corrected chi connectivity index (χ0v) is 15.7. The molecule has 25 heavy (non-hydrogen) atoms. The Morgan fingerprint density at radius 2 is 1.92 bits per heavy atom. The summed E-state index contributed by atoms with van der Waals surface area (Å²) in [5.74, 6) is 0.863. The molecular formula is C20H25ClN2O2. The molecule has 134 valence electrons. The molecule has 0 spiro atoms. The van der Waals surface area contributed by atoms with Crippen LogP contribution in [0.3, 0.4) is 0 Å². The van der Waals surface area contributed by atoms with Crippen LogP contribution in [0.25, 0.3) is 0 Å². The Morgan fingerprint density at radius 1 is 1.20 bits per heavy atom. The molecule has 5 heteroatoms. The summed E-state index contributed by atoms with van der Waals surface area (Å²) >= 11 is 6.01. The fraction of sp³-hybridized carbons (Fsp3) is 0.350. The van der Waals surface area contributed by atoms with Gasteiger partial charge in [0.1, 0.15) is 5.75 Å². The molecule has 0 saturated carbocycles. The maximum Gasteiger partial charge on any atom is 0.237 e. The molecule has 2 rings (SSSR count). The SMILES string of the molecule is COc1ccc(CCNC(=O)C(C)N(C)Cc2cccc(Cl)c2)cc1. The molecule has 0 aliphatic heterocycles. The van der Waals surface area contributed by atoms with E-state index in [1.807, 2.05) is 67.4 Å². The van der Waals surface area contributed by atoms with E-state index in [0.29, 0.717) is 18.1 Å². The van der Waals surface area contributed by atoms with Crippen molar-refractivity contribution in [3.63, 3.8) is 0 Å². The highest BCUT2D eigenvalue weighted by Crippen LogP contribution is 2.13. The number of benzene rings is 2. The second kappa shape index (κ2) is 9.44. The van der Waals surface area contributed by atoms with Gasteiger partial charge in [0, 0.05) is 18.1 Å². The lowest BCUT2D eigenvalue weighted by molar-refractivity contribution is -0.125. The smallest absolute Gasteiger partial charge is 0.237 e. The van der Waals surface area contributed by atoms with Crippen molar-refractivity contribution in [1.82, 2.24) is 10.2 Å². The van der Waals surface area contributed by atoms with Gasteiger partial charge in [-0.15, -0.1) is 0 Å². The van der Waals surface area contributed by atoms with Crippen LogP contribution in [0, 0.1) is 0 Å². The first kappa shape index (κ1) is 19.3. The summed E-state index contributed by atoms with van der Waals surface area (Å²) in [7, 11) is 3.59. The molecule has 0 heterocycles. The van der Waals surface area contributed by atoms with Gasteiger partial charge in [-0.1, -0.05) is 35.9 Å². The third kappa shape index (κ3) is 6.07. The van der Waals surface area contributed by atoms with Crippen molar-refractivity contribution >= 4 is 17.5 Å². The number of rotatable bonds is 8. The van der Waals surface area contributed by atoms with Gasteiger partial charge < -0.3 is 10.1 Å². The minimum Gasteiger partial charge on any atom is -0.497 e. The molecule has 0 bridgehead atoms. The van der Waals surface area contributed by atoms with Crippen molar-refractivity contribution in [3.05, 3.63) is 64.7 Å². The number of methoxy groups -OCH3 is 1. The highest BCUT2D eigenvalue weighted by molar-refractivity contribution is 6.30. The Hall–Kier alpha value is -2.04. The van der Waals surface area contributed by atoms with E-state index in [1.54, 1.807) is 7.11 Å². The average molecular weight is 361 g/mol. The van der Waals surface area contributed by atoms with Crippen LogP contribution in [-0.4, -0.2) is 37.6 Å². The summed E-state index contributed by atoms with van der Waals surface area (Å²) in [6.07, 6.45) is 0.792. The van der Waals surface area contributed by atoms with E-state index in [1.165, 1.54) is 5.56 Å². The molecule has 0 saturated heterocycles. The van der Waals surface area contributed by atoms with Crippen molar-refractivity contribution in [2.24, 2.45) is 0 Å². The van der Waals surface area contributed by atoms with Crippen molar-refractivity contribution in [2.45, 2.75) is 25.9 Å². The lowest BCUT2D eigenvalue weighted by Crippen LogP contribution is -2.43. The van der Waals surface area contributed by atoms with Crippen molar-refractivity contribution in [1.29, 1.82) is 0 Å². The molecule has 4 nitrogen and oxygen atoms in total.